The molecule has 0 atom stereocenters. The summed E-state index contributed by atoms with van der Waals surface area (Å²) in [6.07, 6.45) is 2.30. The van der Waals surface area contributed by atoms with Crippen LogP contribution in [0.3, 0.4) is 0 Å². The molecule has 152 valence electrons. The van der Waals surface area contributed by atoms with Crippen molar-refractivity contribution in [2.24, 2.45) is 0 Å². The Morgan fingerprint density at radius 2 is 2.00 bits per heavy atom. The van der Waals surface area contributed by atoms with E-state index < -0.39 is 0 Å². The molecule has 7 heteroatoms. The van der Waals surface area contributed by atoms with Crippen molar-refractivity contribution in [1.82, 2.24) is 14.9 Å². The summed E-state index contributed by atoms with van der Waals surface area (Å²) in [5.41, 5.74) is 2.59. The third kappa shape index (κ3) is 4.19. The number of ether oxygens (including phenoxy) is 2. The van der Waals surface area contributed by atoms with Crippen molar-refractivity contribution >= 4 is 0 Å². The first-order chi connectivity index (χ1) is 14.2. The summed E-state index contributed by atoms with van der Waals surface area (Å²) in [5.74, 6) is 2.57. The van der Waals surface area contributed by atoms with Crippen LogP contribution in [-0.4, -0.2) is 34.6 Å². The van der Waals surface area contributed by atoms with Gasteiger partial charge in [0.15, 0.2) is 23.1 Å². The second kappa shape index (κ2) is 8.53. The average molecular weight is 395 g/mol. The summed E-state index contributed by atoms with van der Waals surface area (Å²) < 4.78 is 16.7. The Morgan fingerprint density at radius 1 is 1.17 bits per heavy atom. The number of H-pyrrole nitrogens is 1. The van der Waals surface area contributed by atoms with Gasteiger partial charge in [-0.15, -0.1) is 0 Å². The number of nitrogens with zero attached hydrogens (tertiary/aromatic N) is 2. The standard InChI is InChI=1S/C22H25N3O4/c1-3-27-18-8-7-15(12-20(18)28-4-2)13-25-10-9-17-16(14-25)22(26)24-21(23-17)19-6-5-11-29-19/h5-8,11-12H,3-4,9-10,13-14H2,1-2H3,(H,23,24,26). The molecule has 1 N–H and O–H groups in total. The second-order valence-electron chi connectivity index (χ2n) is 6.92. The lowest BCUT2D eigenvalue weighted by Gasteiger charge is -2.28. The van der Waals surface area contributed by atoms with Gasteiger partial charge in [-0.25, -0.2) is 4.98 Å². The number of benzene rings is 1. The van der Waals surface area contributed by atoms with Crippen LogP contribution in [0.25, 0.3) is 11.6 Å². The number of aromatic nitrogens is 2. The van der Waals surface area contributed by atoms with Crippen molar-refractivity contribution in [3.05, 3.63) is 63.8 Å². The minimum atomic E-state index is -0.104. The van der Waals surface area contributed by atoms with Crippen molar-refractivity contribution < 1.29 is 13.9 Å². The number of hydrogen-bond donors (Lipinski definition) is 1. The van der Waals surface area contributed by atoms with E-state index in [4.69, 9.17) is 13.9 Å². The molecule has 3 heterocycles. The quantitative estimate of drug-likeness (QED) is 0.661. The summed E-state index contributed by atoms with van der Waals surface area (Å²) in [5, 5.41) is 0. The highest BCUT2D eigenvalue weighted by Crippen LogP contribution is 2.29. The van der Waals surface area contributed by atoms with E-state index in [1.807, 2.05) is 32.0 Å². The lowest BCUT2D eigenvalue weighted by atomic mass is 10.1. The number of furan rings is 1. The second-order valence-corrected chi connectivity index (χ2v) is 6.92. The van der Waals surface area contributed by atoms with E-state index in [1.165, 1.54) is 0 Å². The van der Waals surface area contributed by atoms with E-state index in [0.717, 1.165) is 47.8 Å². The van der Waals surface area contributed by atoms with Crippen LogP contribution in [0.1, 0.15) is 30.7 Å². The summed E-state index contributed by atoms with van der Waals surface area (Å²) in [7, 11) is 0. The fourth-order valence-corrected chi connectivity index (χ4v) is 3.60. The Balaban J connectivity index is 1.52. The molecule has 0 unspecified atom stereocenters. The maximum atomic E-state index is 12.6. The summed E-state index contributed by atoms with van der Waals surface area (Å²) in [6.45, 7) is 7.21. The molecule has 0 radical (unpaired) electrons. The molecule has 0 bridgehead atoms. The zero-order valence-corrected chi connectivity index (χ0v) is 16.7. The number of nitrogens with one attached hydrogen (secondary N) is 1. The fourth-order valence-electron chi connectivity index (χ4n) is 3.60. The Bertz CT molecular complexity index is 1030. The minimum absolute atomic E-state index is 0.104. The van der Waals surface area contributed by atoms with Gasteiger partial charge in [0.25, 0.3) is 5.56 Å². The molecule has 0 saturated heterocycles. The highest BCUT2D eigenvalue weighted by Gasteiger charge is 2.22. The Labute approximate surface area is 169 Å². The number of hydrogen-bond acceptors (Lipinski definition) is 6. The number of aromatic amines is 1. The summed E-state index contributed by atoms with van der Waals surface area (Å²) in [4.78, 5) is 22.3. The summed E-state index contributed by atoms with van der Waals surface area (Å²) >= 11 is 0. The van der Waals surface area contributed by atoms with Crippen LogP contribution in [0.2, 0.25) is 0 Å². The van der Waals surface area contributed by atoms with E-state index in [2.05, 4.69) is 14.9 Å². The average Bonchev–Trinajstić information content (AvgIpc) is 3.25. The first-order valence-electron chi connectivity index (χ1n) is 9.94. The van der Waals surface area contributed by atoms with Gasteiger partial charge < -0.3 is 18.9 Å². The van der Waals surface area contributed by atoms with Gasteiger partial charge >= 0.3 is 0 Å². The molecule has 0 amide bonds. The van der Waals surface area contributed by atoms with Gasteiger partial charge in [0.05, 0.1) is 30.7 Å². The van der Waals surface area contributed by atoms with Crippen LogP contribution < -0.4 is 15.0 Å². The first kappa shape index (κ1) is 19.3. The Kier molecular flexibility index (Phi) is 5.67. The lowest BCUT2D eigenvalue weighted by Crippen LogP contribution is -2.35. The monoisotopic (exact) mass is 395 g/mol. The molecule has 1 aliphatic heterocycles. The van der Waals surface area contributed by atoms with Gasteiger partial charge in [-0.05, 0) is 43.7 Å². The van der Waals surface area contributed by atoms with Gasteiger partial charge in [0, 0.05) is 26.1 Å². The zero-order chi connectivity index (χ0) is 20.2. The molecule has 1 aliphatic rings. The van der Waals surface area contributed by atoms with Crippen LogP contribution in [0.5, 0.6) is 11.5 Å². The number of rotatable bonds is 7. The predicted octanol–water partition coefficient (Wildman–Crippen LogP) is 3.39. The predicted molar refractivity (Wildman–Crippen MR) is 109 cm³/mol. The molecule has 0 saturated carbocycles. The SMILES string of the molecule is CCOc1ccc(CN2CCc3nc(-c4ccco4)[nH]c(=O)c3C2)cc1OCC. The maximum absolute atomic E-state index is 12.6. The Hall–Kier alpha value is -3.06. The molecule has 3 aromatic rings. The van der Waals surface area contributed by atoms with E-state index in [1.54, 1.807) is 18.4 Å². The third-order valence-corrected chi connectivity index (χ3v) is 4.92. The molecule has 2 aromatic heterocycles. The van der Waals surface area contributed by atoms with Gasteiger partial charge in [-0.2, -0.15) is 0 Å². The summed E-state index contributed by atoms with van der Waals surface area (Å²) in [6, 6.07) is 9.59. The highest BCUT2D eigenvalue weighted by molar-refractivity contribution is 5.47. The highest BCUT2D eigenvalue weighted by atomic mass is 16.5. The van der Waals surface area contributed by atoms with E-state index in [9.17, 15) is 4.79 Å². The molecule has 0 aliphatic carbocycles. The van der Waals surface area contributed by atoms with Gasteiger partial charge in [0.2, 0.25) is 0 Å². The number of fused-ring (bicyclic) bond motifs is 1. The van der Waals surface area contributed by atoms with Crippen LogP contribution in [0.4, 0.5) is 0 Å². The lowest BCUT2D eigenvalue weighted by molar-refractivity contribution is 0.240. The van der Waals surface area contributed by atoms with Crippen molar-refractivity contribution in [1.29, 1.82) is 0 Å². The van der Waals surface area contributed by atoms with E-state index in [-0.39, 0.29) is 5.56 Å². The van der Waals surface area contributed by atoms with Gasteiger partial charge in [-0.3, -0.25) is 9.69 Å². The molecule has 4 rings (SSSR count). The van der Waals surface area contributed by atoms with Crippen LogP contribution in [-0.2, 0) is 19.5 Å². The van der Waals surface area contributed by atoms with Gasteiger partial charge in [-0.1, -0.05) is 6.07 Å². The normalized spacial score (nSPS) is 13.9. The van der Waals surface area contributed by atoms with Crippen LogP contribution in [0.15, 0.2) is 45.8 Å². The molecule has 7 nitrogen and oxygen atoms in total. The van der Waals surface area contributed by atoms with Gasteiger partial charge in [0.1, 0.15) is 0 Å². The molecule has 0 spiro atoms. The molecular formula is C22H25N3O4. The van der Waals surface area contributed by atoms with Crippen molar-refractivity contribution in [3.63, 3.8) is 0 Å². The maximum Gasteiger partial charge on any atom is 0.256 e. The van der Waals surface area contributed by atoms with Crippen LogP contribution >= 0.6 is 0 Å². The van der Waals surface area contributed by atoms with Crippen molar-refractivity contribution in [2.45, 2.75) is 33.4 Å². The molecule has 1 aromatic carbocycles. The smallest absolute Gasteiger partial charge is 0.256 e. The van der Waals surface area contributed by atoms with Crippen molar-refractivity contribution in [3.8, 4) is 23.1 Å². The molecular weight excluding hydrogens is 370 g/mol. The minimum Gasteiger partial charge on any atom is -0.490 e. The van der Waals surface area contributed by atoms with Crippen molar-refractivity contribution in [2.75, 3.05) is 19.8 Å². The first-order valence-corrected chi connectivity index (χ1v) is 9.94. The zero-order valence-electron chi connectivity index (χ0n) is 16.7. The third-order valence-electron chi connectivity index (χ3n) is 4.92. The van der Waals surface area contributed by atoms with Crippen LogP contribution in [0, 0.1) is 0 Å². The van der Waals surface area contributed by atoms with E-state index >= 15 is 0 Å². The van der Waals surface area contributed by atoms with E-state index in [0.29, 0.717) is 31.3 Å². The fraction of sp³-hybridized carbons (Fsp3) is 0.364. The largest absolute Gasteiger partial charge is 0.490 e. The topological polar surface area (TPSA) is 80.6 Å². The molecule has 0 fully saturated rings. The molecule has 29 heavy (non-hydrogen) atoms. The Morgan fingerprint density at radius 3 is 2.76 bits per heavy atom.